The van der Waals surface area contributed by atoms with Crippen molar-refractivity contribution in [1.82, 2.24) is 39.5 Å². The summed E-state index contributed by atoms with van der Waals surface area (Å²) in [5, 5.41) is 26.2. The average Bonchev–Trinajstić information content (AvgIpc) is 3.40. The molecule has 18 heteroatoms. The molecule has 0 bridgehead atoms. The number of amides is 2. The van der Waals surface area contributed by atoms with Crippen LogP contribution in [0.25, 0.3) is 22.3 Å². The van der Waals surface area contributed by atoms with Gasteiger partial charge in [-0.25, -0.2) is 8.78 Å². The molecule has 0 radical (unpaired) electrons. The van der Waals surface area contributed by atoms with E-state index in [4.69, 9.17) is 0 Å². The first-order valence-electron chi connectivity index (χ1n) is 27.2. The highest BCUT2D eigenvalue weighted by atomic mass is 19.3. The van der Waals surface area contributed by atoms with Crippen molar-refractivity contribution in [1.29, 1.82) is 0 Å². The minimum atomic E-state index is -2.77. The molecule has 1 aliphatic heterocycles. The first kappa shape index (κ1) is 60.0. The Labute approximate surface area is 465 Å². The van der Waals surface area contributed by atoms with Gasteiger partial charge in [0, 0.05) is 73.5 Å². The van der Waals surface area contributed by atoms with E-state index in [9.17, 15) is 47.8 Å². The molecule has 4 N–H and O–H groups in total. The summed E-state index contributed by atoms with van der Waals surface area (Å²) in [4.78, 5) is 93.1. The summed E-state index contributed by atoms with van der Waals surface area (Å²) in [6.07, 6.45) is 10.4. The molecule has 2 aromatic carbocycles. The number of carbonyl (C=O) groups excluding carboxylic acids is 2. The number of aryl methyl sites for hydroxylation is 2. The van der Waals surface area contributed by atoms with Gasteiger partial charge < -0.3 is 34.9 Å². The van der Waals surface area contributed by atoms with Crippen molar-refractivity contribution < 1.29 is 38.2 Å². The van der Waals surface area contributed by atoms with Crippen molar-refractivity contribution in [3.8, 4) is 22.3 Å². The number of rotatable bonds is 25. The van der Waals surface area contributed by atoms with Crippen molar-refractivity contribution in [2.45, 2.75) is 124 Å². The van der Waals surface area contributed by atoms with Crippen LogP contribution < -0.4 is 21.8 Å². The Morgan fingerprint density at radius 3 is 1.77 bits per heavy atom. The van der Waals surface area contributed by atoms with Crippen molar-refractivity contribution in [3.05, 3.63) is 175 Å². The van der Waals surface area contributed by atoms with Gasteiger partial charge in [0.1, 0.15) is 12.1 Å². The van der Waals surface area contributed by atoms with E-state index in [1.807, 2.05) is 110 Å². The lowest BCUT2D eigenvalue weighted by Gasteiger charge is -2.38. The predicted octanol–water partition coefficient (Wildman–Crippen LogP) is 9.04. The topological polar surface area (TPSA) is 209 Å². The fourth-order valence-electron chi connectivity index (χ4n) is 10.7. The van der Waals surface area contributed by atoms with Gasteiger partial charge >= 0.3 is 11.9 Å². The van der Waals surface area contributed by atoms with Crippen LogP contribution in [0.3, 0.4) is 0 Å². The van der Waals surface area contributed by atoms with Gasteiger partial charge in [0.2, 0.25) is 11.8 Å². The van der Waals surface area contributed by atoms with Crippen LogP contribution in [0.15, 0.2) is 114 Å². The second-order valence-corrected chi connectivity index (χ2v) is 22.6. The minimum absolute atomic E-state index is 0.0326. The summed E-state index contributed by atoms with van der Waals surface area (Å²) in [7, 11) is 3.91. The second-order valence-electron chi connectivity index (χ2n) is 22.6. The molecule has 1 aliphatic rings. The molecule has 5 heterocycles. The Bertz CT molecular complexity index is 3350. The lowest BCUT2D eigenvalue weighted by atomic mass is 9.86. The smallest absolute Gasteiger partial charge is 0.305 e. The van der Waals surface area contributed by atoms with E-state index in [0.29, 0.717) is 47.1 Å². The van der Waals surface area contributed by atoms with Crippen LogP contribution in [-0.4, -0.2) is 103 Å². The molecular weight excluding hydrogens is 1020 g/mol. The third-order valence-corrected chi connectivity index (χ3v) is 14.7. The second kappa shape index (κ2) is 26.1. The Morgan fingerprint density at radius 1 is 0.675 bits per heavy atom. The van der Waals surface area contributed by atoms with Gasteiger partial charge in [0.15, 0.2) is 0 Å². The molecule has 1 fully saturated rings. The van der Waals surface area contributed by atoms with Gasteiger partial charge in [0.25, 0.3) is 17.0 Å². The average molecular weight is 1100 g/mol. The number of nitrogens with one attached hydrogen (secondary N) is 2. The number of likely N-dealkylation sites (tertiary alicyclic amines) is 1. The third-order valence-electron chi connectivity index (χ3n) is 14.7. The van der Waals surface area contributed by atoms with Crippen LogP contribution in [-0.2, 0) is 38.6 Å². The zero-order valence-electron chi connectivity index (χ0n) is 47.1. The predicted molar refractivity (Wildman–Crippen MR) is 304 cm³/mol. The largest absolute Gasteiger partial charge is 0.481 e. The van der Waals surface area contributed by atoms with Gasteiger partial charge in [-0.05, 0) is 152 Å². The number of hydrogen-bond acceptors (Lipinski definition) is 10. The SMILES string of the molecule is Cc1cccc(Cc2ccc(C)c(-c3cncc([C@H](CC(=O)O)NC(=O)[C@@H](CC(C)C)n4cc(CN5CC(F)(F)C5)ccc4=O)c3)c2C)c1-c1cncc([C@H](CC(=O)O)NC(=O)[C@H](CC(C)C)n2ccc(CCN(C)C)cc2=O)c1. The highest BCUT2D eigenvalue weighted by molar-refractivity contribution is 5.83. The molecule has 80 heavy (non-hydrogen) atoms. The van der Waals surface area contributed by atoms with Crippen LogP contribution in [0.4, 0.5) is 8.78 Å². The molecule has 6 aromatic rings. The van der Waals surface area contributed by atoms with Crippen LogP contribution in [0.5, 0.6) is 0 Å². The molecule has 0 saturated carbocycles. The third kappa shape index (κ3) is 15.4. The molecule has 0 unspecified atom stereocenters. The molecule has 16 nitrogen and oxygen atoms in total. The number of benzene rings is 2. The molecule has 424 valence electrons. The van der Waals surface area contributed by atoms with Crippen LogP contribution in [0.2, 0.25) is 0 Å². The molecule has 4 atom stereocenters. The standard InChI is InChI=1S/C62H74F2N8O8/c1-37(2)21-52(71-20-18-42(23-55(71)74)17-19-69(8)9)60(79)67-51(28-57(77)78)47-26-49(32-66-30-47)59-39(5)11-10-12-45(59)24-44-15-13-40(6)58(41(44)7)48-25-46(29-65-31-48)50(27-56(75)76)68-61(80)53(22-38(3)4)72-34-43(14-16-54(72)73)33-70-35-62(63,64)36-70/h10-16,18,20,23,25-26,29-32,34,37-38,50-53H,17,19,21-22,24,27-28,33,35-36H2,1-9H3,(H,67,79)(H,68,80)(H,75,76)(H,77,78)/t50-,51-,52-,53+/m0/s1. The maximum absolute atomic E-state index is 14.4. The van der Waals surface area contributed by atoms with Crippen molar-refractivity contribution >= 4 is 23.8 Å². The number of likely N-dealkylation sites (N-methyl/N-ethyl adjacent to an activating group) is 1. The fourth-order valence-corrected chi connectivity index (χ4v) is 10.7. The Balaban J connectivity index is 1.16. The maximum atomic E-state index is 14.4. The van der Waals surface area contributed by atoms with Crippen LogP contribution >= 0.6 is 0 Å². The number of alkyl halides is 2. The summed E-state index contributed by atoms with van der Waals surface area (Å²) < 4.78 is 30.0. The van der Waals surface area contributed by atoms with Crippen molar-refractivity contribution in [2.75, 3.05) is 33.7 Å². The lowest BCUT2D eigenvalue weighted by Crippen LogP contribution is -2.55. The number of halogens is 2. The fraction of sp³-hybridized carbons (Fsp3) is 0.419. The maximum Gasteiger partial charge on any atom is 0.305 e. The van der Waals surface area contributed by atoms with Crippen molar-refractivity contribution in [2.24, 2.45) is 11.8 Å². The van der Waals surface area contributed by atoms with Gasteiger partial charge in [-0.2, -0.15) is 0 Å². The molecule has 2 amide bonds. The quantitative estimate of drug-likeness (QED) is 0.0423. The molecule has 4 aromatic heterocycles. The van der Waals surface area contributed by atoms with E-state index in [0.717, 1.165) is 51.1 Å². The molecule has 0 spiro atoms. The summed E-state index contributed by atoms with van der Waals surface area (Å²) in [6, 6.07) is 16.0. The van der Waals surface area contributed by atoms with Gasteiger partial charge in [-0.3, -0.25) is 43.6 Å². The Morgan fingerprint density at radius 2 is 1.24 bits per heavy atom. The van der Waals surface area contributed by atoms with Crippen LogP contribution in [0.1, 0.15) is 128 Å². The van der Waals surface area contributed by atoms with Gasteiger partial charge in [-0.15, -0.1) is 0 Å². The Kier molecular flexibility index (Phi) is 19.5. The number of carbonyl (C=O) groups is 4. The summed E-state index contributed by atoms with van der Waals surface area (Å²) >= 11 is 0. The zero-order valence-corrected chi connectivity index (χ0v) is 47.1. The van der Waals surface area contributed by atoms with E-state index in [2.05, 4.69) is 26.7 Å². The first-order chi connectivity index (χ1) is 37.9. The van der Waals surface area contributed by atoms with Crippen molar-refractivity contribution in [3.63, 3.8) is 0 Å². The van der Waals surface area contributed by atoms with Gasteiger partial charge in [0.05, 0.1) is 38.0 Å². The number of aliphatic carboxylic acids is 2. The van der Waals surface area contributed by atoms with E-state index >= 15 is 0 Å². The zero-order chi connectivity index (χ0) is 58.2. The monoisotopic (exact) mass is 1100 g/mol. The highest BCUT2D eigenvalue weighted by Crippen LogP contribution is 2.36. The number of nitrogens with zero attached hydrogens (tertiary/aromatic N) is 6. The first-order valence-corrected chi connectivity index (χ1v) is 27.2. The molecule has 7 rings (SSSR count). The summed E-state index contributed by atoms with van der Waals surface area (Å²) in [5.74, 6) is -6.14. The summed E-state index contributed by atoms with van der Waals surface area (Å²) in [6.45, 7) is 13.8. The summed E-state index contributed by atoms with van der Waals surface area (Å²) in [5.41, 5.74) is 9.44. The Hall–Kier alpha value is -7.70. The number of carboxylic acids is 2. The molecule has 0 aliphatic carbocycles. The minimum Gasteiger partial charge on any atom is -0.481 e. The molecule has 1 saturated heterocycles. The molecular formula is C62H74F2N8O8. The van der Waals surface area contributed by atoms with E-state index in [1.165, 1.54) is 27.6 Å². The lowest BCUT2D eigenvalue weighted by molar-refractivity contribution is -0.139. The highest BCUT2D eigenvalue weighted by Gasteiger charge is 2.43. The number of carboxylic acid groups (broad SMARTS) is 2. The number of aromatic nitrogens is 4. The number of pyridine rings is 4. The number of hydrogen-bond donors (Lipinski definition) is 4. The van der Waals surface area contributed by atoms with E-state index in [1.54, 1.807) is 41.8 Å². The van der Waals surface area contributed by atoms with Gasteiger partial charge in [-0.1, -0.05) is 64.1 Å². The van der Waals surface area contributed by atoms with E-state index in [-0.39, 0.29) is 30.4 Å². The normalized spacial score (nSPS) is 14.8. The van der Waals surface area contributed by atoms with E-state index < -0.39 is 85.3 Å². The van der Waals surface area contributed by atoms with Crippen LogP contribution in [0, 0.1) is 32.6 Å².